The number of ketones is 1. The smallest absolute Gasteiger partial charge is 0.186 e. The Balaban J connectivity index is 2.63. The molecular formula is C13H21NO2S. The number of Topliss-reactive ketones (excluding diaryl/α,β-unsaturated/α-hetero) is 1. The van der Waals surface area contributed by atoms with Crippen LogP contribution < -0.4 is 0 Å². The van der Waals surface area contributed by atoms with Crippen molar-refractivity contribution in [2.24, 2.45) is 0 Å². The van der Waals surface area contributed by atoms with Crippen LogP contribution in [0.25, 0.3) is 0 Å². The highest BCUT2D eigenvalue weighted by Crippen LogP contribution is 2.13. The lowest BCUT2D eigenvalue weighted by molar-refractivity contribution is 0.0854. The van der Waals surface area contributed by atoms with Crippen LogP contribution in [-0.4, -0.2) is 41.5 Å². The molecule has 0 atom stereocenters. The monoisotopic (exact) mass is 255 g/mol. The van der Waals surface area contributed by atoms with Crippen molar-refractivity contribution in [1.82, 2.24) is 4.90 Å². The van der Waals surface area contributed by atoms with Crippen LogP contribution in [0.1, 0.15) is 36.4 Å². The Hall–Kier alpha value is -0.710. The quantitative estimate of drug-likeness (QED) is 0.725. The van der Waals surface area contributed by atoms with Crippen molar-refractivity contribution >= 4 is 17.1 Å². The number of carbonyl (C=O) groups excluding carboxylic acids is 1. The van der Waals surface area contributed by atoms with Crippen molar-refractivity contribution in [3.63, 3.8) is 0 Å². The molecule has 0 spiro atoms. The summed E-state index contributed by atoms with van der Waals surface area (Å²) in [6.45, 7) is 5.33. The largest absolute Gasteiger partial charge is 0.395 e. The Morgan fingerprint density at radius 2 is 2.18 bits per heavy atom. The summed E-state index contributed by atoms with van der Waals surface area (Å²) in [5.41, 5.74) is 0. The van der Waals surface area contributed by atoms with Gasteiger partial charge in [0.25, 0.3) is 0 Å². The minimum atomic E-state index is 0.105. The van der Waals surface area contributed by atoms with Crippen molar-refractivity contribution in [1.29, 1.82) is 0 Å². The summed E-state index contributed by atoms with van der Waals surface area (Å²) in [5.74, 6) is 0.153. The predicted molar refractivity (Wildman–Crippen MR) is 71.7 cm³/mol. The van der Waals surface area contributed by atoms with E-state index in [0.29, 0.717) is 19.1 Å². The van der Waals surface area contributed by atoms with E-state index in [1.807, 2.05) is 17.5 Å². The highest BCUT2D eigenvalue weighted by molar-refractivity contribution is 7.12. The molecule has 0 radical (unpaired) electrons. The third-order valence-electron chi connectivity index (χ3n) is 2.99. The van der Waals surface area contributed by atoms with Gasteiger partial charge >= 0.3 is 0 Å². The molecule has 0 aliphatic heterocycles. The van der Waals surface area contributed by atoms with Gasteiger partial charge in [0, 0.05) is 12.6 Å². The molecule has 17 heavy (non-hydrogen) atoms. The maximum absolute atomic E-state index is 12.0. The molecule has 96 valence electrons. The zero-order chi connectivity index (χ0) is 12.7. The summed E-state index contributed by atoms with van der Waals surface area (Å²) in [6, 6.07) is 4.13. The van der Waals surface area contributed by atoms with Crippen LogP contribution in [0.5, 0.6) is 0 Å². The molecular weight excluding hydrogens is 234 g/mol. The molecule has 0 saturated carbocycles. The number of hydrogen-bond acceptors (Lipinski definition) is 4. The summed E-state index contributed by atoms with van der Waals surface area (Å²) in [6.07, 6.45) is 2.02. The van der Waals surface area contributed by atoms with Gasteiger partial charge in [-0.05, 0) is 24.3 Å². The van der Waals surface area contributed by atoms with Gasteiger partial charge in [0.1, 0.15) is 0 Å². The number of carbonyl (C=O) groups is 1. The number of rotatable bonds is 8. The van der Waals surface area contributed by atoms with Gasteiger partial charge in [-0.2, -0.15) is 0 Å². The first-order chi connectivity index (χ1) is 8.22. The van der Waals surface area contributed by atoms with Crippen LogP contribution in [0.4, 0.5) is 0 Å². The van der Waals surface area contributed by atoms with E-state index in [4.69, 9.17) is 5.11 Å². The summed E-state index contributed by atoms with van der Waals surface area (Å²) < 4.78 is 0. The van der Waals surface area contributed by atoms with E-state index in [1.54, 1.807) is 0 Å². The molecule has 0 bridgehead atoms. The normalized spacial score (nSPS) is 11.4. The van der Waals surface area contributed by atoms with E-state index in [0.717, 1.165) is 17.7 Å². The maximum Gasteiger partial charge on any atom is 0.186 e. The van der Waals surface area contributed by atoms with Crippen LogP contribution in [0.15, 0.2) is 17.5 Å². The van der Waals surface area contributed by atoms with Crippen LogP contribution in [-0.2, 0) is 0 Å². The van der Waals surface area contributed by atoms with Gasteiger partial charge in [0.05, 0.1) is 18.0 Å². The van der Waals surface area contributed by atoms with Crippen molar-refractivity contribution in [2.75, 3.05) is 19.7 Å². The van der Waals surface area contributed by atoms with E-state index in [2.05, 4.69) is 18.7 Å². The van der Waals surface area contributed by atoms with Crippen molar-refractivity contribution < 1.29 is 9.90 Å². The highest BCUT2D eigenvalue weighted by Gasteiger charge is 2.18. The highest BCUT2D eigenvalue weighted by atomic mass is 32.1. The van der Waals surface area contributed by atoms with Gasteiger partial charge in [-0.15, -0.1) is 11.3 Å². The van der Waals surface area contributed by atoms with Crippen LogP contribution >= 0.6 is 11.3 Å². The van der Waals surface area contributed by atoms with Gasteiger partial charge in [-0.25, -0.2) is 0 Å². The van der Waals surface area contributed by atoms with E-state index < -0.39 is 0 Å². The number of thiophene rings is 1. The first-order valence-corrected chi connectivity index (χ1v) is 7.02. The lowest BCUT2D eigenvalue weighted by Gasteiger charge is -2.28. The average molecular weight is 255 g/mol. The average Bonchev–Trinajstić information content (AvgIpc) is 2.84. The minimum absolute atomic E-state index is 0.105. The molecule has 0 fully saturated rings. The standard InChI is InChI=1S/C13H21NO2S/c1-3-11(4-2)14(7-8-15)10-12(16)13-6-5-9-17-13/h5-6,9,11,15H,3-4,7-8,10H2,1-2H3. The van der Waals surface area contributed by atoms with Crippen molar-refractivity contribution in [3.05, 3.63) is 22.4 Å². The molecule has 1 rings (SSSR count). The summed E-state index contributed by atoms with van der Waals surface area (Å²) in [4.78, 5) is 14.9. The zero-order valence-electron chi connectivity index (χ0n) is 10.6. The molecule has 0 aliphatic rings. The Morgan fingerprint density at radius 3 is 2.65 bits per heavy atom. The van der Waals surface area contributed by atoms with Crippen molar-refractivity contribution in [2.45, 2.75) is 32.7 Å². The number of hydrogen-bond donors (Lipinski definition) is 1. The Labute approximate surface area is 107 Å². The van der Waals surface area contributed by atoms with Gasteiger partial charge in [-0.1, -0.05) is 19.9 Å². The molecule has 0 aromatic carbocycles. The molecule has 1 N–H and O–H groups in total. The van der Waals surface area contributed by atoms with Gasteiger partial charge in [0.2, 0.25) is 0 Å². The first kappa shape index (κ1) is 14.4. The molecule has 4 heteroatoms. The maximum atomic E-state index is 12.0. The van der Waals surface area contributed by atoms with E-state index in [-0.39, 0.29) is 12.4 Å². The zero-order valence-corrected chi connectivity index (χ0v) is 11.4. The fraction of sp³-hybridized carbons (Fsp3) is 0.615. The molecule has 3 nitrogen and oxygen atoms in total. The summed E-state index contributed by atoms with van der Waals surface area (Å²) in [7, 11) is 0. The summed E-state index contributed by atoms with van der Waals surface area (Å²) >= 11 is 1.48. The second kappa shape index (κ2) is 7.58. The number of aliphatic hydroxyl groups excluding tert-OH is 1. The third kappa shape index (κ3) is 4.22. The van der Waals surface area contributed by atoms with Crippen LogP contribution in [0.2, 0.25) is 0 Å². The molecule has 0 unspecified atom stereocenters. The fourth-order valence-corrected chi connectivity index (χ4v) is 2.68. The fourth-order valence-electron chi connectivity index (χ4n) is 2.02. The molecule has 1 aromatic heterocycles. The third-order valence-corrected chi connectivity index (χ3v) is 3.90. The van der Waals surface area contributed by atoms with Crippen LogP contribution in [0.3, 0.4) is 0 Å². The topological polar surface area (TPSA) is 40.5 Å². The number of aliphatic hydroxyl groups is 1. The van der Waals surface area contributed by atoms with Gasteiger partial charge in [-0.3, -0.25) is 9.69 Å². The lowest BCUT2D eigenvalue weighted by atomic mass is 10.1. The van der Waals surface area contributed by atoms with E-state index in [1.165, 1.54) is 11.3 Å². The Morgan fingerprint density at radius 1 is 1.47 bits per heavy atom. The van der Waals surface area contributed by atoms with Gasteiger partial charge < -0.3 is 5.11 Å². The number of nitrogens with zero attached hydrogens (tertiary/aromatic N) is 1. The molecule has 0 amide bonds. The second-order valence-corrected chi connectivity index (χ2v) is 5.01. The predicted octanol–water partition coefficient (Wildman–Crippen LogP) is 2.41. The molecule has 0 saturated heterocycles. The molecule has 0 aliphatic carbocycles. The second-order valence-electron chi connectivity index (χ2n) is 4.06. The van der Waals surface area contributed by atoms with E-state index >= 15 is 0 Å². The first-order valence-electron chi connectivity index (χ1n) is 6.14. The van der Waals surface area contributed by atoms with E-state index in [9.17, 15) is 4.79 Å². The van der Waals surface area contributed by atoms with Crippen molar-refractivity contribution in [3.8, 4) is 0 Å². The lowest BCUT2D eigenvalue weighted by Crippen LogP contribution is -2.40. The van der Waals surface area contributed by atoms with Gasteiger partial charge in [0.15, 0.2) is 5.78 Å². The molecule has 1 heterocycles. The SMILES string of the molecule is CCC(CC)N(CCO)CC(=O)c1cccs1. The van der Waals surface area contributed by atoms with Crippen LogP contribution in [0, 0.1) is 0 Å². The Bertz CT molecular complexity index is 320. The summed E-state index contributed by atoms with van der Waals surface area (Å²) in [5, 5.41) is 11.0. The Kier molecular flexibility index (Phi) is 6.40. The molecule has 1 aromatic rings. The minimum Gasteiger partial charge on any atom is -0.395 e.